The Bertz CT molecular complexity index is 3170. The molecule has 0 atom stereocenters. The third-order valence-corrected chi connectivity index (χ3v) is 10.5. The van der Waals surface area contributed by atoms with Crippen molar-refractivity contribution in [2.24, 2.45) is 0 Å². The Morgan fingerprint density at radius 2 is 0.930 bits per heavy atom. The Morgan fingerprint density at radius 1 is 0.351 bits per heavy atom. The number of para-hydroxylation sites is 2. The molecule has 0 aliphatic heterocycles. The lowest BCUT2D eigenvalue weighted by Gasteiger charge is -2.26. The summed E-state index contributed by atoms with van der Waals surface area (Å²) in [5, 5.41) is 4.06. The van der Waals surface area contributed by atoms with Crippen molar-refractivity contribution in [3.05, 3.63) is 194 Å². The van der Waals surface area contributed by atoms with E-state index in [0.717, 1.165) is 88.8 Å². The molecular formula is C51H32N4O2. The molecule has 3 aromatic heterocycles. The van der Waals surface area contributed by atoms with Gasteiger partial charge in [-0.1, -0.05) is 146 Å². The number of nitrogens with zero attached hydrogens (tertiary/aromatic N) is 4. The molecule has 0 spiro atoms. The van der Waals surface area contributed by atoms with E-state index in [-0.39, 0.29) is 0 Å². The Morgan fingerprint density at radius 3 is 1.63 bits per heavy atom. The Labute approximate surface area is 328 Å². The molecule has 0 radical (unpaired) electrons. The van der Waals surface area contributed by atoms with E-state index in [4.69, 9.17) is 23.8 Å². The van der Waals surface area contributed by atoms with Gasteiger partial charge in [0.05, 0.1) is 11.4 Å². The van der Waals surface area contributed by atoms with E-state index in [2.05, 4.69) is 102 Å². The largest absolute Gasteiger partial charge is 0.456 e. The fourth-order valence-electron chi connectivity index (χ4n) is 7.92. The van der Waals surface area contributed by atoms with E-state index in [9.17, 15) is 0 Å². The van der Waals surface area contributed by atoms with Crippen LogP contribution in [0, 0.1) is 0 Å². The highest BCUT2D eigenvalue weighted by Crippen LogP contribution is 2.47. The standard InChI is InChI=1S/C51H32N4O2/c1-5-16-33(17-6-1)38-30-31-42(48-47(38)39-24-13-14-26-43(39)57-48)55(36-22-11-4-12-23-36)37-28-29-40-45(32-37)56-44-27-15-25-41(46(40)44)51-53-49(34-18-7-2-8-19-34)52-50(54-51)35-20-9-3-10-21-35/h1-32H. The second-order valence-electron chi connectivity index (χ2n) is 14.0. The van der Waals surface area contributed by atoms with E-state index < -0.39 is 0 Å². The number of furan rings is 2. The maximum Gasteiger partial charge on any atom is 0.164 e. The number of hydrogen-bond donors (Lipinski definition) is 0. The normalized spacial score (nSPS) is 11.5. The zero-order valence-corrected chi connectivity index (χ0v) is 30.6. The van der Waals surface area contributed by atoms with Crippen LogP contribution in [0.25, 0.3) is 89.2 Å². The molecule has 11 aromatic rings. The lowest BCUT2D eigenvalue weighted by Crippen LogP contribution is -2.10. The summed E-state index contributed by atoms with van der Waals surface area (Å²) >= 11 is 0. The lowest BCUT2D eigenvalue weighted by atomic mass is 9.98. The first kappa shape index (κ1) is 32.6. The van der Waals surface area contributed by atoms with Crippen LogP contribution in [0.2, 0.25) is 0 Å². The summed E-state index contributed by atoms with van der Waals surface area (Å²) in [7, 11) is 0. The average molecular weight is 733 g/mol. The third kappa shape index (κ3) is 5.62. The molecule has 0 fully saturated rings. The predicted octanol–water partition coefficient (Wildman–Crippen LogP) is 13.8. The number of anilines is 3. The number of hydrogen-bond acceptors (Lipinski definition) is 6. The molecule has 268 valence electrons. The fourth-order valence-corrected chi connectivity index (χ4v) is 7.92. The molecule has 11 rings (SSSR count). The van der Waals surface area contributed by atoms with Gasteiger partial charge >= 0.3 is 0 Å². The van der Waals surface area contributed by atoms with Gasteiger partial charge in [0.15, 0.2) is 23.1 Å². The summed E-state index contributed by atoms with van der Waals surface area (Å²) in [6.45, 7) is 0. The van der Waals surface area contributed by atoms with Gasteiger partial charge in [-0.25, -0.2) is 15.0 Å². The lowest BCUT2D eigenvalue weighted by molar-refractivity contribution is 0.667. The minimum atomic E-state index is 0.580. The molecule has 0 aliphatic carbocycles. The molecule has 0 bridgehead atoms. The van der Waals surface area contributed by atoms with Crippen molar-refractivity contribution in [3.63, 3.8) is 0 Å². The van der Waals surface area contributed by atoms with Crippen molar-refractivity contribution in [1.82, 2.24) is 15.0 Å². The maximum atomic E-state index is 6.77. The van der Waals surface area contributed by atoms with Crippen molar-refractivity contribution >= 4 is 60.9 Å². The Kier molecular flexibility index (Phi) is 7.71. The van der Waals surface area contributed by atoms with Gasteiger partial charge in [-0.3, -0.25) is 0 Å². The molecule has 0 aliphatic rings. The maximum absolute atomic E-state index is 6.77. The van der Waals surface area contributed by atoms with Crippen molar-refractivity contribution in [1.29, 1.82) is 0 Å². The van der Waals surface area contributed by atoms with Crippen LogP contribution in [0.5, 0.6) is 0 Å². The quantitative estimate of drug-likeness (QED) is 0.162. The second-order valence-corrected chi connectivity index (χ2v) is 14.0. The predicted molar refractivity (Wildman–Crippen MR) is 231 cm³/mol. The van der Waals surface area contributed by atoms with E-state index in [1.807, 2.05) is 97.1 Å². The van der Waals surface area contributed by atoms with E-state index in [0.29, 0.717) is 17.5 Å². The first-order chi connectivity index (χ1) is 28.3. The third-order valence-electron chi connectivity index (χ3n) is 10.5. The summed E-state index contributed by atoms with van der Waals surface area (Å²) in [6, 6.07) is 66.1. The minimum Gasteiger partial charge on any atom is -0.456 e. The fraction of sp³-hybridized carbons (Fsp3) is 0. The van der Waals surface area contributed by atoms with Crippen LogP contribution in [-0.4, -0.2) is 15.0 Å². The molecule has 0 amide bonds. The van der Waals surface area contributed by atoms with Crippen LogP contribution in [0.15, 0.2) is 203 Å². The first-order valence-corrected chi connectivity index (χ1v) is 18.9. The molecule has 6 nitrogen and oxygen atoms in total. The van der Waals surface area contributed by atoms with Gasteiger partial charge in [-0.05, 0) is 53.6 Å². The topological polar surface area (TPSA) is 68.2 Å². The molecule has 57 heavy (non-hydrogen) atoms. The zero-order valence-electron chi connectivity index (χ0n) is 30.6. The SMILES string of the molecule is c1ccc(-c2nc(-c3ccccc3)nc(-c3cccc4oc5cc(N(c6ccccc6)c6ccc(-c7ccccc7)c7c6oc6ccccc67)ccc5c34)n2)cc1. The van der Waals surface area contributed by atoms with Crippen molar-refractivity contribution in [2.45, 2.75) is 0 Å². The van der Waals surface area contributed by atoms with Gasteiger partial charge in [-0.15, -0.1) is 0 Å². The summed E-state index contributed by atoms with van der Waals surface area (Å²) in [6.07, 6.45) is 0. The summed E-state index contributed by atoms with van der Waals surface area (Å²) in [5.41, 5.74) is 11.0. The highest BCUT2D eigenvalue weighted by atomic mass is 16.3. The van der Waals surface area contributed by atoms with Gasteiger partial charge in [0.1, 0.15) is 16.7 Å². The highest BCUT2D eigenvalue weighted by Gasteiger charge is 2.24. The van der Waals surface area contributed by atoms with Crippen molar-refractivity contribution in [2.75, 3.05) is 4.90 Å². The number of aromatic nitrogens is 3. The van der Waals surface area contributed by atoms with Gasteiger partial charge < -0.3 is 13.7 Å². The molecule has 0 N–H and O–H groups in total. The van der Waals surface area contributed by atoms with Crippen molar-refractivity contribution in [3.8, 4) is 45.3 Å². The van der Waals surface area contributed by atoms with Crippen LogP contribution in [-0.2, 0) is 0 Å². The second kappa shape index (κ2) is 13.5. The van der Waals surface area contributed by atoms with Gasteiger partial charge in [0.25, 0.3) is 0 Å². The van der Waals surface area contributed by atoms with Crippen LogP contribution in [0.1, 0.15) is 0 Å². The molecule has 6 heteroatoms. The van der Waals surface area contributed by atoms with Crippen LogP contribution < -0.4 is 4.90 Å². The summed E-state index contributed by atoms with van der Waals surface area (Å²) in [5.74, 6) is 1.80. The molecule has 3 heterocycles. The van der Waals surface area contributed by atoms with Gasteiger partial charge in [-0.2, -0.15) is 0 Å². The monoisotopic (exact) mass is 732 g/mol. The molecular weight excluding hydrogens is 701 g/mol. The molecule has 8 aromatic carbocycles. The van der Waals surface area contributed by atoms with Crippen LogP contribution in [0.4, 0.5) is 17.1 Å². The smallest absolute Gasteiger partial charge is 0.164 e. The minimum absolute atomic E-state index is 0.580. The molecule has 0 saturated carbocycles. The summed E-state index contributed by atoms with van der Waals surface area (Å²) in [4.78, 5) is 17.3. The van der Waals surface area contributed by atoms with Crippen molar-refractivity contribution < 1.29 is 8.83 Å². The molecule has 0 unspecified atom stereocenters. The Balaban J connectivity index is 1.11. The highest BCUT2D eigenvalue weighted by molar-refractivity contribution is 6.17. The average Bonchev–Trinajstić information content (AvgIpc) is 3.87. The number of fused-ring (bicyclic) bond motifs is 6. The number of rotatable bonds is 7. The van der Waals surface area contributed by atoms with Gasteiger partial charge in [0.2, 0.25) is 0 Å². The number of benzene rings is 8. The Hall–Kier alpha value is -7.83. The van der Waals surface area contributed by atoms with Crippen LogP contribution in [0.3, 0.4) is 0 Å². The van der Waals surface area contributed by atoms with Gasteiger partial charge in [0, 0.05) is 50.0 Å². The van der Waals surface area contributed by atoms with E-state index in [1.165, 1.54) is 0 Å². The summed E-state index contributed by atoms with van der Waals surface area (Å²) < 4.78 is 13.5. The molecule has 0 saturated heterocycles. The van der Waals surface area contributed by atoms with E-state index >= 15 is 0 Å². The van der Waals surface area contributed by atoms with Crippen LogP contribution >= 0.6 is 0 Å². The zero-order chi connectivity index (χ0) is 37.7. The first-order valence-electron chi connectivity index (χ1n) is 18.9. The van der Waals surface area contributed by atoms with E-state index in [1.54, 1.807) is 0 Å².